The summed E-state index contributed by atoms with van der Waals surface area (Å²) in [4.78, 5) is 25.1. The van der Waals surface area contributed by atoms with Crippen LogP contribution >= 0.6 is 15.9 Å². The number of benzene rings is 1. The summed E-state index contributed by atoms with van der Waals surface area (Å²) in [5, 5.41) is 9.70. The second kappa shape index (κ2) is 4.48. The predicted octanol–water partition coefficient (Wildman–Crippen LogP) is 2.14. The minimum atomic E-state index is -0.863. The number of ketones is 1. The van der Waals surface area contributed by atoms with E-state index in [1.54, 1.807) is 32.0 Å². The Labute approximate surface area is 114 Å². The maximum Gasteiger partial charge on any atom is 0.299 e. The van der Waals surface area contributed by atoms with Crippen LogP contribution in [0.25, 0.3) is 0 Å². The van der Waals surface area contributed by atoms with Crippen LogP contribution in [0.3, 0.4) is 0 Å². The topological polar surface area (TPSA) is 57.6 Å². The first-order chi connectivity index (χ1) is 8.29. The molecule has 4 nitrogen and oxygen atoms in total. The summed E-state index contributed by atoms with van der Waals surface area (Å²) in [6, 6.07) is 5.13. The molecule has 0 saturated carbocycles. The lowest BCUT2D eigenvalue weighted by molar-refractivity contribution is -0.114. The van der Waals surface area contributed by atoms with Crippen LogP contribution in [-0.4, -0.2) is 28.9 Å². The molecule has 0 radical (unpaired) electrons. The Morgan fingerprint density at radius 1 is 1.33 bits per heavy atom. The molecule has 0 aliphatic carbocycles. The van der Waals surface area contributed by atoms with Crippen LogP contribution in [0.4, 0.5) is 5.69 Å². The molecule has 1 aromatic carbocycles. The molecule has 0 unspecified atom stereocenters. The summed E-state index contributed by atoms with van der Waals surface area (Å²) in [5.74, 6) is -0.999. The summed E-state index contributed by atoms with van der Waals surface area (Å²) >= 11 is 3.32. The molecule has 0 atom stereocenters. The molecule has 0 aromatic heterocycles. The van der Waals surface area contributed by atoms with Crippen molar-refractivity contribution < 1.29 is 14.7 Å². The van der Waals surface area contributed by atoms with Crippen LogP contribution < -0.4 is 4.90 Å². The third-order valence-corrected chi connectivity index (χ3v) is 3.38. The van der Waals surface area contributed by atoms with E-state index in [0.29, 0.717) is 24.2 Å². The lowest BCUT2D eigenvalue weighted by Gasteiger charge is -2.22. The summed E-state index contributed by atoms with van der Waals surface area (Å²) in [6.45, 7) is 3.69. The van der Waals surface area contributed by atoms with Crippen LogP contribution in [-0.2, 0) is 4.79 Å². The molecule has 1 aliphatic heterocycles. The van der Waals surface area contributed by atoms with Crippen LogP contribution in [0.15, 0.2) is 22.7 Å². The van der Waals surface area contributed by atoms with Gasteiger partial charge in [0.05, 0.1) is 16.9 Å². The molecule has 18 heavy (non-hydrogen) atoms. The van der Waals surface area contributed by atoms with Gasteiger partial charge in [0.1, 0.15) is 0 Å². The highest BCUT2D eigenvalue weighted by Crippen LogP contribution is 2.32. The number of hydrogen-bond acceptors (Lipinski definition) is 3. The molecule has 5 heteroatoms. The SMILES string of the molecule is CC(C)(O)CCN1C(=O)C(=O)c2ccc(Br)cc21. The molecular formula is C13H14BrNO3. The summed E-state index contributed by atoms with van der Waals surface area (Å²) in [7, 11) is 0. The minimum absolute atomic E-state index is 0.331. The van der Waals surface area contributed by atoms with E-state index in [1.165, 1.54) is 4.90 Å². The van der Waals surface area contributed by atoms with E-state index in [-0.39, 0.29) is 0 Å². The van der Waals surface area contributed by atoms with Crippen LogP contribution in [0.1, 0.15) is 30.6 Å². The van der Waals surface area contributed by atoms with Crippen LogP contribution in [0, 0.1) is 0 Å². The number of carbonyl (C=O) groups excluding carboxylic acids is 2. The van der Waals surface area contributed by atoms with Gasteiger partial charge in [0, 0.05) is 11.0 Å². The predicted molar refractivity (Wildman–Crippen MR) is 71.7 cm³/mol. The van der Waals surface area contributed by atoms with Gasteiger partial charge in [0.25, 0.3) is 11.7 Å². The standard InChI is InChI=1S/C13H14BrNO3/c1-13(2,18)5-6-15-10-7-8(14)3-4-9(10)11(16)12(15)17/h3-4,7,18H,5-6H2,1-2H3. The number of carbonyl (C=O) groups is 2. The van der Waals surface area contributed by atoms with Crippen LogP contribution in [0.2, 0.25) is 0 Å². The molecule has 0 spiro atoms. The summed E-state index contributed by atoms with van der Waals surface area (Å²) < 4.78 is 0.817. The van der Waals surface area contributed by atoms with Gasteiger partial charge in [0.2, 0.25) is 0 Å². The molecule has 2 rings (SSSR count). The van der Waals surface area contributed by atoms with E-state index in [1.807, 2.05) is 0 Å². The van der Waals surface area contributed by atoms with Crippen molar-refractivity contribution in [2.45, 2.75) is 25.9 Å². The number of rotatable bonds is 3. The fourth-order valence-corrected chi connectivity index (χ4v) is 2.22. The van der Waals surface area contributed by atoms with Gasteiger partial charge in [-0.15, -0.1) is 0 Å². The van der Waals surface area contributed by atoms with Gasteiger partial charge in [-0.3, -0.25) is 9.59 Å². The molecule has 1 amide bonds. The Balaban J connectivity index is 2.30. The highest BCUT2D eigenvalue weighted by molar-refractivity contribution is 9.10. The number of hydrogen-bond donors (Lipinski definition) is 1. The maximum absolute atomic E-state index is 11.9. The van der Waals surface area contributed by atoms with Crippen molar-refractivity contribution >= 4 is 33.3 Å². The molecule has 0 bridgehead atoms. The Morgan fingerprint density at radius 3 is 2.61 bits per heavy atom. The molecule has 1 heterocycles. The zero-order valence-corrected chi connectivity index (χ0v) is 11.8. The fourth-order valence-electron chi connectivity index (χ4n) is 1.87. The van der Waals surface area contributed by atoms with Crippen molar-refractivity contribution in [2.24, 2.45) is 0 Å². The summed E-state index contributed by atoms with van der Waals surface area (Å²) in [6.07, 6.45) is 0.415. The van der Waals surface area contributed by atoms with Crippen molar-refractivity contribution in [1.82, 2.24) is 0 Å². The van der Waals surface area contributed by atoms with Crippen LogP contribution in [0.5, 0.6) is 0 Å². The highest BCUT2D eigenvalue weighted by atomic mass is 79.9. The molecule has 1 aliphatic rings. The zero-order chi connectivity index (χ0) is 13.5. The number of halogens is 1. The molecule has 0 saturated heterocycles. The molecule has 1 N–H and O–H groups in total. The quantitative estimate of drug-likeness (QED) is 0.870. The lowest BCUT2D eigenvalue weighted by atomic mass is 10.1. The first-order valence-electron chi connectivity index (χ1n) is 5.68. The van der Waals surface area contributed by atoms with Crippen molar-refractivity contribution in [3.05, 3.63) is 28.2 Å². The molecule has 1 aromatic rings. The van der Waals surface area contributed by atoms with Crippen molar-refractivity contribution in [3.8, 4) is 0 Å². The van der Waals surface area contributed by atoms with E-state index < -0.39 is 17.3 Å². The lowest BCUT2D eigenvalue weighted by Crippen LogP contribution is -2.34. The third-order valence-electron chi connectivity index (χ3n) is 2.88. The van der Waals surface area contributed by atoms with Gasteiger partial charge >= 0.3 is 0 Å². The molecule has 0 fully saturated rings. The largest absolute Gasteiger partial charge is 0.390 e. The minimum Gasteiger partial charge on any atom is -0.390 e. The maximum atomic E-state index is 11.9. The number of nitrogens with zero attached hydrogens (tertiary/aromatic N) is 1. The second-order valence-corrected chi connectivity index (χ2v) is 5.93. The Bertz CT molecular complexity index is 519. The third kappa shape index (κ3) is 2.47. The number of fused-ring (bicyclic) bond motifs is 1. The van der Waals surface area contributed by atoms with E-state index in [4.69, 9.17) is 0 Å². The highest BCUT2D eigenvalue weighted by Gasteiger charge is 2.36. The average molecular weight is 312 g/mol. The summed E-state index contributed by atoms with van der Waals surface area (Å²) in [5.41, 5.74) is 0.181. The van der Waals surface area contributed by atoms with E-state index >= 15 is 0 Å². The first kappa shape index (κ1) is 13.2. The zero-order valence-electron chi connectivity index (χ0n) is 10.2. The normalized spacial score (nSPS) is 15.2. The number of anilines is 1. The number of aliphatic hydroxyl groups is 1. The number of amides is 1. The molecular weight excluding hydrogens is 298 g/mol. The second-order valence-electron chi connectivity index (χ2n) is 5.01. The van der Waals surface area contributed by atoms with Gasteiger partial charge in [-0.25, -0.2) is 0 Å². The smallest absolute Gasteiger partial charge is 0.299 e. The fraction of sp³-hybridized carbons (Fsp3) is 0.385. The molecule has 96 valence electrons. The van der Waals surface area contributed by atoms with Gasteiger partial charge in [-0.2, -0.15) is 0 Å². The van der Waals surface area contributed by atoms with E-state index in [2.05, 4.69) is 15.9 Å². The van der Waals surface area contributed by atoms with Gasteiger partial charge in [-0.05, 0) is 38.5 Å². The first-order valence-corrected chi connectivity index (χ1v) is 6.47. The van der Waals surface area contributed by atoms with Gasteiger partial charge < -0.3 is 10.0 Å². The van der Waals surface area contributed by atoms with Crippen molar-refractivity contribution in [2.75, 3.05) is 11.4 Å². The van der Waals surface area contributed by atoms with Crippen molar-refractivity contribution in [3.63, 3.8) is 0 Å². The van der Waals surface area contributed by atoms with Gasteiger partial charge in [0.15, 0.2) is 0 Å². The van der Waals surface area contributed by atoms with Gasteiger partial charge in [-0.1, -0.05) is 15.9 Å². The van der Waals surface area contributed by atoms with E-state index in [9.17, 15) is 14.7 Å². The van der Waals surface area contributed by atoms with Crippen molar-refractivity contribution in [1.29, 1.82) is 0 Å². The average Bonchev–Trinajstić information content (AvgIpc) is 2.48. The number of Topliss-reactive ketones (excluding diaryl/α,β-unsaturated/α-hetero) is 1. The Morgan fingerprint density at radius 2 is 2.00 bits per heavy atom. The van der Waals surface area contributed by atoms with E-state index in [0.717, 1.165) is 4.47 Å². The Hall–Kier alpha value is -1.20. The monoisotopic (exact) mass is 311 g/mol. The Kier molecular flexibility index (Phi) is 3.29.